The van der Waals surface area contributed by atoms with Crippen LogP contribution < -0.4 is 11.1 Å². The van der Waals surface area contributed by atoms with Crippen molar-refractivity contribution in [3.8, 4) is 0 Å². The van der Waals surface area contributed by atoms with E-state index in [1.807, 2.05) is 26.0 Å². The van der Waals surface area contributed by atoms with E-state index in [0.717, 1.165) is 17.7 Å². The molecule has 4 nitrogen and oxygen atoms in total. The first-order valence-electron chi connectivity index (χ1n) is 6.38. The molecule has 1 aromatic rings. The smallest absolute Gasteiger partial charge is 0.229 e. The first kappa shape index (κ1) is 14.6. The predicted molar refractivity (Wildman–Crippen MR) is 74.3 cm³/mol. The van der Waals surface area contributed by atoms with Crippen LogP contribution in [0.1, 0.15) is 31.5 Å². The van der Waals surface area contributed by atoms with Crippen LogP contribution >= 0.6 is 0 Å². The number of carbonyl (C=O) groups is 1. The second-order valence-corrected chi connectivity index (χ2v) is 5.22. The molecule has 0 fully saturated rings. The highest BCUT2D eigenvalue weighted by Crippen LogP contribution is 2.14. The highest BCUT2D eigenvalue weighted by Gasteiger charge is 2.18. The zero-order valence-corrected chi connectivity index (χ0v) is 11.7. The van der Waals surface area contributed by atoms with Gasteiger partial charge in [0.15, 0.2) is 0 Å². The molecule has 1 amide bonds. The summed E-state index contributed by atoms with van der Waals surface area (Å²) >= 11 is 0. The first-order chi connectivity index (χ1) is 8.42. The molecule has 3 N–H and O–H groups in total. The molecule has 0 aromatic carbocycles. The summed E-state index contributed by atoms with van der Waals surface area (Å²) in [5.74, 6) is 0.882. The summed E-state index contributed by atoms with van der Waals surface area (Å²) in [4.78, 5) is 16.4. The lowest BCUT2D eigenvalue weighted by atomic mass is 9.96. The van der Waals surface area contributed by atoms with Gasteiger partial charge in [-0.1, -0.05) is 13.8 Å². The van der Waals surface area contributed by atoms with E-state index >= 15 is 0 Å². The fraction of sp³-hybridized carbons (Fsp3) is 0.571. The number of hydrogen-bond donors (Lipinski definition) is 2. The molecule has 1 rings (SSSR count). The Balaban J connectivity index is 2.73. The maximum atomic E-state index is 12.1. The van der Waals surface area contributed by atoms with Crippen LogP contribution in [0.2, 0.25) is 0 Å². The van der Waals surface area contributed by atoms with Gasteiger partial charge in [0.25, 0.3) is 0 Å². The summed E-state index contributed by atoms with van der Waals surface area (Å²) in [5, 5.41) is 2.85. The number of nitrogens with two attached hydrogens (primary N) is 1. The number of aryl methyl sites for hydroxylation is 2. The molecule has 1 heterocycles. The third-order valence-corrected chi connectivity index (χ3v) is 2.76. The van der Waals surface area contributed by atoms with Crippen molar-refractivity contribution < 1.29 is 4.79 Å². The van der Waals surface area contributed by atoms with Gasteiger partial charge in [-0.3, -0.25) is 4.79 Å². The lowest BCUT2D eigenvalue weighted by Crippen LogP contribution is -2.30. The van der Waals surface area contributed by atoms with E-state index in [4.69, 9.17) is 5.73 Å². The monoisotopic (exact) mass is 249 g/mol. The minimum atomic E-state index is -0.146. The van der Waals surface area contributed by atoms with Gasteiger partial charge in [-0.05, 0) is 43.9 Å². The topological polar surface area (TPSA) is 68.0 Å². The number of amides is 1. The van der Waals surface area contributed by atoms with Crippen molar-refractivity contribution in [1.82, 2.24) is 4.98 Å². The number of nitrogens with zero attached hydrogens (tertiary/aromatic N) is 1. The first-order valence-corrected chi connectivity index (χ1v) is 6.38. The Bertz CT molecular complexity index is 395. The van der Waals surface area contributed by atoms with Crippen LogP contribution in [0.15, 0.2) is 12.1 Å². The van der Waals surface area contributed by atoms with Gasteiger partial charge in [0, 0.05) is 12.2 Å². The Labute approximate surface area is 109 Å². The van der Waals surface area contributed by atoms with Gasteiger partial charge in [0.05, 0.1) is 5.92 Å². The molecule has 1 atom stereocenters. The number of nitrogens with one attached hydrogen (secondary N) is 1. The zero-order valence-electron chi connectivity index (χ0n) is 11.7. The standard InChI is InChI=1S/C14H23N3O/c1-9(2)5-12(8-15)14(18)17-13-7-10(3)6-11(4)16-13/h6-7,9,12H,5,8,15H2,1-4H3,(H,16,17,18). The van der Waals surface area contributed by atoms with Crippen molar-refractivity contribution in [3.05, 3.63) is 23.4 Å². The minimum absolute atomic E-state index is 0.0382. The molecule has 1 unspecified atom stereocenters. The SMILES string of the molecule is Cc1cc(C)nc(NC(=O)C(CN)CC(C)C)c1. The molecule has 0 saturated heterocycles. The van der Waals surface area contributed by atoms with Gasteiger partial charge in [-0.25, -0.2) is 4.98 Å². The molecule has 0 aliphatic rings. The van der Waals surface area contributed by atoms with Crippen LogP contribution in [0.3, 0.4) is 0 Å². The molecule has 1 aromatic heterocycles. The average Bonchev–Trinajstić information content (AvgIpc) is 2.23. The predicted octanol–water partition coefficient (Wildman–Crippen LogP) is 2.26. The molecule has 0 aliphatic heterocycles. The highest BCUT2D eigenvalue weighted by atomic mass is 16.1. The van der Waals surface area contributed by atoms with E-state index in [0.29, 0.717) is 18.3 Å². The Morgan fingerprint density at radius 1 is 1.39 bits per heavy atom. The largest absolute Gasteiger partial charge is 0.330 e. The molecular formula is C14H23N3O. The zero-order chi connectivity index (χ0) is 13.7. The molecule has 18 heavy (non-hydrogen) atoms. The Morgan fingerprint density at radius 2 is 2.06 bits per heavy atom. The summed E-state index contributed by atoms with van der Waals surface area (Å²) in [5.41, 5.74) is 7.64. The Hall–Kier alpha value is -1.42. The fourth-order valence-electron chi connectivity index (χ4n) is 2.01. The fourth-order valence-corrected chi connectivity index (χ4v) is 2.01. The van der Waals surface area contributed by atoms with Gasteiger partial charge in [0.2, 0.25) is 5.91 Å². The van der Waals surface area contributed by atoms with E-state index in [1.165, 1.54) is 0 Å². The molecule has 0 saturated carbocycles. The molecule has 0 bridgehead atoms. The third-order valence-electron chi connectivity index (χ3n) is 2.76. The maximum Gasteiger partial charge on any atom is 0.229 e. The average molecular weight is 249 g/mol. The molecule has 4 heteroatoms. The lowest BCUT2D eigenvalue weighted by molar-refractivity contribution is -0.120. The summed E-state index contributed by atoms with van der Waals surface area (Å²) in [6.45, 7) is 8.45. The van der Waals surface area contributed by atoms with Crippen molar-refractivity contribution >= 4 is 11.7 Å². The summed E-state index contributed by atoms with van der Waals surface area (Å²) in [6, 6.07) is 3.85. The Morgan fingerprint density at radius 3 is 2.56 bits per heavy atom. The van der Waals surface area contributed by atoms with Crippen LogP contribution in [-0.4, -0.2) is 17.4 Å². The maximum absolute atomic E-state index is 12.1. The highest BCUT2D eigenvalue weighted by molar-refractivity contribution is 5.91. The number of aromatic nitrogens is 1. The van der Waals surface area contributed by atoms with Gasteiger partial charge in [-0.15, -0.1) is 0 Å². The van der Waals surface area contributed by atoms with E-state index in [9.17, 15) is 4.79 Å². The van der Waals surface area contributed by atoms with Gasteiger partial charge in [0.1, 0.15) is 5.82 Å². The van der Waals surface area contributed by atoms with Gasteiger partial charge >= 0.3 is 0 Å². The third kappa shape index (κ3) is 4.45. The van der Waals surface area contributed by atoms with Crippen LogP contribution in [0, 0.1) is 25.7 Å². The van der Waals surface area contributed by atoms with Crippen LogP contribution in [0.4, 0.5) is 5.82 Å². The van der Waals surface area contributed by atoms with Crippen LogP contribution in [0.25, 0.3) is 0 Å². The van der Waals surface area contributed by atoms with Crippen molar-refractivity contribution in [3.63, 3.8) is 0 Å². The van der Waals surface area contributed by atoms with Crippen LogP contribution in [0.5, 0.6) is 0 Å². The van der Waals surface area contributed by atoms with E-state index in [1.54, 1.807) is 0 Å². The molecule has 100 valence electrons. The van der Waals surface area contributed by atoms with Crippen molar-refractivity contribution in [2.45, 2.75) is 34.1 Å². The van der Waals surface area contributed by atoms with E-state index < -0.39 is 0 Å². The summed E-state index contributed by atoms with van der Waals surface area (Å²) in [6.07, 6.45) is 0.799. The number of anilines is 1. The Kier molecular flexibility index (Phi) is 5.28. The van der Waals surface area contributed by atoms with E-state index in [-0.39, 0.29) is 11.8 Å². The molecule has 0 radical (unpaired) electrons. The van der Waals surface area contributed by atoms with Gasteiger partial charge in [-0.2, -0.15) is 0 Å². The van der Waals surface area contributed by atoms with E-state index in [2.05, 4.69) is 24.1 Å². The number of hydrogen-bond acceptors (Lipinski definition) is 3. The summed E-state index contributed by atoms with van der Waals surface area (Å²) in [7, 11) is 0. The van der Waals surface area contributed by atoms with Crippen LogP contribution in [-0.2, 0) is 4.79 Å². The minimum Gasteiger partial charge on any atom is -0.330 e. The molecule has 0 aliphatic carbocycles. The number of carbonyl (C=O) groups excluding carboxylic acids is 1. The molecular weight excluding hydrogens is 226 g/mol. The second kappa shape index (κ2) is 6.50. The number of rotatable bonds is 5. The summed E-state index contributed by atoms with van der Waals surface area (Å²) < 4.78 is 0. The lowest BCUT2D eigenvalue weighted by Gasteiger charge is -2.16. The quantitative estimate of drug-likeness (QED) is 0.841. The van der Waals surface area contributed by atoms with Crippen molar-refractivity contribution in [2.75, 3.05) is 11.9 Å². The number of pyridine rings is 1. The molecule has 0 spiro atoms. The van der Waals surface area contributed by atoms with Gasteiger partial charge < -0.3 is 11.1 Å². The normalized spacial score (nSPS) is 12.6. The van der Waals surface area contributed by atoms with Crippen molar-refractivity contribution in [1.29, 1.82) is 0 Å². The second-order valence-electron chi connectivity index (χ2n) is 5.22. The van der Waals surface area contributed by atoms with Crippen molar-refractivity contribution in [2.24, 2.45) is 17.6 Å².